The first-order chi connectivity index (χ1) is 5.24. The molecule has 0 saturated heterocycles. The van der Waals surface area contributed by atoms with Crippen molar-refractivity contribution in [2.24, 2.45) is 0 Å². The van der Waals surface area contributed by atoms with Crippen LogP contribution in [0.15, 0.2) is 18.5 Å². The molecule has 1 unspecified atom stereocenters. The first kappa shape index (κ1) is 8.68. The van der Waals surface area contributed by atoms with E-state index in [4.69, 9.17) is 11.6 Å². The molecule has 2 nitrogen and oxygen atoms in total. The maximum atomic E-state index is 10.3. The van der Waals surface area contributed by atoms with Crippen LogP contribution in [0.5, 0.6) is 0 Å². The number of nitrogens with zero attached hydrogens (tertiary/aromatic N) is 1. The second-order valence-electron chi connectivity index (χ2n) is 1.97. The molecule has 0 bridgehead atoms. The Morgan fingerprint density at radius 2 is 2.36 bits per heavy atom. The van der Waals surface area contributed by atoms with E-state index in [2.05, 4.69) is 20.9 Å². The molecule has 1 aromatic rings. The Balaban J connectivity index is 2.95. The van der Waals surface area contributed by atoms with E-state index in [9.17, 15) is 4.79 Å². The molecule has 0 aliphatic carbocycles. The topological polar surface area (TPSA) is 30.0 Å². The zero-order valence-electron chi connectivity index (χ0n) is 5.50. The Kier molecular flexibility index (Phi) is 3.02. The molecular formula is C7H5BrClNO. The molecule has 4 heteroatoms. The van der Waals surface area contributed by atoms with Crippen LogP contribution in [0.3, 0.4) is 0 Å². The molecular weight excluding hydrogens is 229 g/mol. The van der Waals surface area contributed by atoms with Crippen molar-refractivity contribution in [3.8, 4) is 0 Å². The van der Waals surface area contributed by atoms with Crippen LogP contribution >= 0.6 is 27.5 Å². The molecule has 0 fully saturated rings. The summed E-state index contributed by atoms with van der Waals surface area (Å²) in [6.45, 7) is 0. The number of aromatic nitrogens is 1. The summed E-state index contributed by atoms with van der Waals surface area (Å²) >= 11 is 8.80. The summed E-state index contributed by atoms with van der Waals surface area (Å²) < 4.78 is 0. The van der Waals surface area contributed by atoms with Crippen LogP contribution in [0.25, 0.3) is 0 Å². The lowest BCUT2D eigenvalue weighted by Gasteiger charge is -2.00. The molecule has 1 aromatic heterocycles. The SMILES string of the molecule is O=CC(Br)c1cncc(Cl)c1. The lowest BCUT2D eigenvalue weighted by molar-refractivity contribution is -0.107. The van der Waals surface area contributed by atoms with Crippen LogP contribution in [-0.4, -0.2) is 11.3 Å². The van der Waals surface area contributed by atoms with E-state index >= 15 is 0 Å². The monoisotopic (exact) mass is 233 g/mol. The van der Waals surface area contributed by atoms with Crippen molar-refractivity contribution in [3.63, 3.8) is 0 Å². The summed E-state index contributed by atoms with van der Waals surface area (Å²) in [7, 11) is 0. The molecule has 0 saturated carbocycles. The fraction of sp³-hybridized carbons (Fsp3) is 0.143. The van der Waals surface area contributed by atoms with Gasteiger partial charge in [0, 0.05) is 12.4 Å². The van der Waals surface area contributed by atoms with E-state index in [1.807, 2.05) is 0 Å². The number of pyridine rings is 1. The molecule has 0 aliphatic rings. The number of carbonyl (C=O) groups excluding carboxylic acids is 1. The molecule has 58 valence electrons. The Labute approximate surface area is 77.7 Å². The van der Waals surface area contributed by atoms with E-state index in [0.29, 0.717) is 5.02 Å². The van der Waals surface area contributed by atoms with Crippen molar-refractivity contribution in [1.82, 2.24) is 4.98 Å². The Morgan fingerprint density at radius 3 is 2.91 bits per heavy atom. The third-order valence-electron chi connectivity index (χ3n) is 1.16. The molecule has 0 aliphatic heterocycles. The Morgan fingerprint density at radius 1 is 1.64 bits per heavy atom. The van der Waals surface area contributed by atoms with Crippen LogP contribution < -0.4 is 0 Å². The molecule has 0 amide bonds. The predicted octanol–water partition coefficient (Wildman–Crippen LogP) is 2.37. The number of carbonyl (C=O) groups is 1. The van der Waals surface area contributed by atoms with Gasteiger partial charge >= 0.3 is 0 Å². The molecule has 1 rings (SSSR count). The van der Waals surface area contributed by atoms with Crippen LogP contribution in [0.2, 0.25) is 5.02 Å². The van der Waals surface area contributed by atoms with Gasteiger partial charge in [-0.3, -0.25) is 4.98 Å². The third-order valence-corrected chi connectivity index (χ3v) is 2.12. The van der Waals surface area contributed by atoms with Crippen molar-refractivity contribution in [3.05, 3.63) is 29.0 Å². The number of rotatable bonds is 2. The highest BCUT2D eigenvalue weighted by Crippen LogP contribution is 2.21. The van der Waals surface area contributed by atoms with E-state index in [1.165, 1.54) is 6.20 Å². The molecule has 1 heterocycles. The van der Waals surface area contributed by atoms with Crippen molar-refractivity contribution >= 4 is 33.8 Å². The highest BCUT2D eigenvalue weighted by atomic mass is 79.9. The number of alkyl halides is 1. The zero-order valence-corrected chi connectivity index (χ0v) is 7.84. The number of aldehydes is 1. The van der Waals surface area contributed by atoms with Crippen molar-refractivity contribution in [1.29, 1.82) is 0 Å². The average Bonchev–Trinajstić information content (AvgIpc) is 2.03. The minimum absolute atomic E-state index is 0.311. The van der Waals surface area contributed by atoms with Crippen LogP contribution in [0.1, 0.15) is 10.4 Å². The van der Waals surface area contributed by atoms with Gasteiger partial charge in [0.25, 0.3) is 0 Å². The summed E-state index contributed by atoms with van der Waals surface area (Å²) in [5, 5.41) is 0.536. The standard InChI is InChI=1S/C7H5BrClNO/c8-7(4-11)5-1-6(9)3-10-2-5/h1-4,7H. The van der Waals surface area contributed by atoms with E-state index < -0.39 is 0 Å². The van der Waals surface area contributed by atoms with Gasteiger partial charge in [-0.05, 0) is 11.6 Å². The minimum Gasteiger partial charge on any atom is -0.302 e. The normalized spacial score (nSPS) is 12.5. The van der Waals surface area contributed by atoms with Gasteiger partial charge < -0.3 is 4.79 Å². The third kappa shape index (κ3) is 2.27. The maximum Gasteiger partial charge on any atom is 0.138 e. The zero-order chi connectivity index (χ0) is 8.27. The smallest absolute Gasteiger partial charge is 0.138 e. The van der Waals surface area contributed by atoms with Crippen molar-refractivity contribution in [2.45, 2.75) is 4.83 Å². The second-order valence-corrected chi connectivity index (χ2v) is 3.40. The molecule has 0 radical (unpaired) electrons. The van der Waals surface area contributed by atoms with Gasteiger partial charge in [0.1, 0.15) is 6.29 Å². The summed E-state index contributed by atoms with van der Waals surface area (Å²) in [5.74, 6) is 0. The first-order valence-corrected chi connectivity index (χ1v) is 4.23. The van der Waals surface area contributed by atoms with Gasteiger partial charge in [-0.15, -0.1) is 0 Å². The van der Waals surface area contributed by atoms with Gasteiger partial charge in [-0.1, -0.05) is 27.5 Å². The Hall–Kier alpha value is -0.410. The molecule has 11 heavy (non-hydrogen) atoms. The highest BCUT2D eigenvalue weighted by molar-refractivity contribution is 9.09. The number of hydrogen-bond donors (Lipinski definition) is 0. The lowest BCUT2D eigenvalue weighted by atomic mass is 10.2. The van der Waals surface area contributed by atoms with Gasteiger partial charge in [0.15, 0.2) is 0 Å². The van der Waals surface area contributed by atoms with Gasteiger partial charge in [0.05, 0.1) is 9.85 Å². The number of hydrogen-bond acceptors (Lipinski definition) is 2. The summed E-state index contributed by atoms with van der Waals surface area (Å²) in [4.78, 5) is 13.8. The molecule has 0 spiro atoms. The summed E-state index contributed by atoms with van der Waals surface area (Å²) in [5.41, 5.74) is 0.771. The lowest BCUT2D eigenvalue weighted by Crippen LogP contribution is -1.90. The quantitative estimate of drug-likeness (QED) is 0.581. The van der Waals surface area contributed by atoms with E-state index in [1.54, 1.807) is 12.3 Å². The maximum absolute atomic E-state index is 10.3. The van der Waals surface area contributed by atoms with Crippen LogP contribution in [-0.2, 0) is 4.79 Å². The number of halogens is 2. The second kappa shape index (κ2) is 3.83. The largest absolute Gasteiger partial charge is 0.302 e. The average molecular weight is 234 g/mol. The Bertz CT molecular complexity index is 266. The summed E-state index contributed by atoms with van der Waals surface area (Å²) in [6, 6.07) is 1.70. The molecule has 1 atom stereocenters. The van der Waals surface area contributed by atoms with Crippen molar-refractivity contribution < 1.29 is 4.79 Å². The fourth-order valence-corrected chi connectivity index (χ4v) is 1.09. The van der Waals surface area contributed by atoms with E-state index in [-0.39, 0.29) is 4.83 Å². The highest BCUT2D eigenvalue weighted by Gasteiger charge is 2.05. The predicted molar refractivity (Wildman–Crippen MR) is 47.0 cm³/mol. The fourth-order valence-electron chi connectivity index (χ4n) is 0.658. The van der Waals surface area contributed by atoms with Crippen LogP contribution in [0.4, 0.5) is 0 Å². The van der Waals surface area contributed by atoms with Crippen LogP contribution in [0, 0.1) is 0 Å². The molecule has 0 N–H and O–H groups in total. The van der Waals surface area contributed by atoms with Gasteiger partial charge in [0.2, 0.25) is 0 Å². The molecule has 0 aromatic carbocycles. The first-order valence-electron chi connectivity index (χ1n) is 2.94. The van der Waals surface area contributed by atoms with E-state index in [0.717, 1.165) is 11.8 Å². The van der Waals surface area contributed by atoms with Crippen molar-refractivity contribution in [2.75, 3.05) is 0 Å². The van der Waals surface area contributed by atoms with Gasteiger partial charge in [-0.25, -0.2) is 0 Å². The minimum atomic E-state index is -0.311. The summed E-state index contributed by atoms with van der Waals surface area (Å²) in [6.07, 6.45) is 3.91. The van der Waals surface area contributed by atoms with Gasteiger partial charge in [-0.2, -0.15) is 0 Å².